The molecule has 9 atom stereocenters. The summed E-state index contributed by atoms with van der Waals surface area (Å²) >= 11 is 0. The third-order valence-electron chi connectivity index (χ3n) is 6.84. The van der Waals surface area contributed by atoms with Gasteiger partial charge in [-0.1, -0.05) is 6.92 Å². The maximum absolute atomic E-state index is 13.5. The van der Waals surface area contributed by atoms with Gasteiger partial charge >= 0.3 is 0 Å². The van der Waals surface area contributed by atoms with Gasteiger partial charge in [0.05, 0.1) is 12.7 Å². The van der Waals surface area contributed by atoms with Crippen molar-refractivity contribution in [1.29, 1.82) is 0 Å². The number of phenols is 3. The molecule has 0 amide bonds. The molecule has 1 fully saturated rings. The minimum absolute atomic E-state index is 0.0618. The average Bonchev–Trinajstić information content (AvgIpc) is 2.96. The molecule has 4 rings (SSSR count). The summed E-state index contributed by atoms with van der Waals surface area (Å²) in [6, 6.07) is 7.23. The molecule has 1 saturated heterocycles. The van der Waals surface area contributed by atoms with Gasteiger partial charge in [-0.15, -0.1) is 0 Å². The highest BCUT2D eigenvalue weighted by Crippen LogP contribution is 2.37. The first-order chi connectivity index (χ1) is 19.8. The lowest BCUT2D eigenvalue weighted by Gasteiger charge is -2.40. The van der Waals surface area contributed by atoms with E-state index in [1.165, 1.54) is 31.2 Å². The van der Waals surface area contributed by atoms with Crippen LogP contribution >= 0.6 is 0 Å². The van der Waals surface area contributed by atoms with E-state index in [1.54, 1.807) is 0 Å². The lowest BCUT2D eigenvalue weighted by atomic mass is 9.99. The van der Waals surface area contributed by atoms with E-state index in [9.17, 15) is 55.9 Å². The Balaban J connectivity index is 1.65. The highest BCUT2D eigenvalue weighted by Gasteiger charge is 2.46. The Morgan fingerprint density at radius 3 is 2.19 bits per heavy atom. The number of aliphatic hydroxyl groups is 7. The Morgan fingerprint density at radius 1 is 0.881 bits per heavy atom. The summed E-state index contributed by atoms with van der Waals surface area (Å²) in [6.07, 6.45) is -16.2. The molecule has 1 aliphatic heterocycles. The van der Waals surface area contributed by atoms with Gasteiger partial charge < -0.3 is 69.7 Å². The number of fused-ring (bicyclic) bond motifs is 1. The van der Waals surface area contributed by atoms with Crippen molar-refractivity contribution in [3.05, 3.63) is 46.6 Å². The summed E-state index contributed by atoms with van der Waals surface area (Å²) in [5.74, 6) is -2.08. The zero-order valence-corrected chi connectivity index (χ0v) is 22.1. The zero-order valence-electron chi connectivity index (χ0n) is 22.1. The summed E-state index contributed by atoms with van der Waals surface area (Å²) in [7, 11) is 0. The summed E-state index contributed by atoms with van der Waals surface area (Å²) in [4.78, 5) is 13.5. The molecule has 42 heavy (non-hydrogen) atoms. The van der Waals surface area contributed by atoms with Crippen LogP contribution in [0.5, 0.6) is 23.0 Å². The van der Waals surface area contributed by atoms with Crippen LogP contribution in [0.25, 0.3) is 22.3 Å². The molecule has 0 radical (unpaired) electrons. The average molecular weight is 597 g/mol. The summed E-state index contributed by atoms with van der Waals surface area (Å²) < 4.78 is 22.0. The largest absolute Gasteiger partial charge is 0.508 e. The number of rotatable bonds is 10. The first-order valence-corrected chi connectivity index (χ1v) is 12.9. The summed E-state index contributed by atoms with van der Waals surface area (Å²) in [5, 5.41) is 101. The van der Waals surface area contributed by atoms with Gasteiger partial charge in [-0.3, -0.25) is 4.79 Å². The number of ether oxygens (including phenoxy) is 3. The molecule has 15 nitrogen and oxygen atoms in total. The molecule has 10 N–H and O–H groups in total. The standard InChI is InChI=1S/C27H32O15/c1-2-13(30)18(32)22(36)26(38)39-9-16-19(33)21(35)23(37)27(41-16)42-25-20(34)17-14(31)7-12(29)8-15(17)40-24(25)10-3-5-11(28)6-4-10/h3-8,13,16,18-19,21-23,26-33,35-38H,2,9H2,1H3/t13-,16?,18+,19-,21+,22?,23?,26-,27+/m0/s1. The molecule has 2 aromatic carbocycles. The molecule has 3 aromatic rings. The van der Waals surface area contributed by atoms with Crippen LogP contribution in [0.3, 0.4) is 0 Å². The molecule has 1 aromatic heterocycles. The molecule has 230 valence electrons. The van der Waals surface area contributed by atoms with Crippen LogP contribution in [0.2, 0.25) is 0 Å². The van der Waals surface area contributed by atoms with Crippen molar-refractivity contribution in [3.8, 4) is 34.3 Å². The Kier molecular flexibility index (Phi) is 9.56. The van der Waals surface area contributed by atoms with Crippen molar-refractivity contribution in [1.82, 2.24) is 0 Å². The van der Waals surface area contributed by atoms with Crippen molar-refractivity contribution >= 4 is 11.0 Å². The van der Waals surface area contributed by atoms with Crippen LogP contribution in [-0.2, 0) is 9.47 Å². The predicted octanol–water partition coefficient (Wildman–Crippen LogP) is -1.41. The molecule has 1 aliphatic rings. The molecular weight excluding hydrogens is 564 g/mol. The monoisotopic (exact) mass is 596 g/mol. The Labute approximate surface area is 237 Å². The van der Waals surface area contributed by atoms with Gasteiger partial charge in [0.2, 0.25) is 17.5 Å². The summed E-state index contributed by atoms with van der Waals surface area (Å²) in [6.45, 7) is 0.802. The van der Waals surface area contributed by atoms with Gasteiger partial charge in [0, 0.05) is 17.7 Å². The molecule has 0 bridgehead atoms. The highest BCUT2D eigenvalue weighted by molar-refractivity contribution is 5.88. The van der Waals surface area contributed by atoms with Crippen LogP contribution in [0.4, 0.5) is 0 Å². The van der Waals surface area contributed by atoms with Crippen LogP contribution in [0.15, 0.2) is 45.6 Å². The van der Waals surface area contributed by atoms with Crippen molar-refractivity contribution in [2.75, 3.05) is 6.61 Å². The molecular formula is C27H32O15. The van der Waals surface area contributed by atoms with Gasteiger partial charge in [-0.25, -0.2) is 0 Å². The van der Waals surface area contributed by atoms with E-state index in [1.807, 2.05) is 0 Å². The van der Waals surface area contributed by atoms with Crippen LogP contribution in [0, 0.1) is 0 Å². The lowest BCUT2D eigenvalue weighted by molar-refractivity contribution is -0.292. The number of phenolic OH excluding ortho intramolecular Hbond substituents is 3. The number of aromatic hydroxyl groups is 3. The van der Waals surface area contributed by atoms with Crippen LogP contribution < -0.4 is 10.2 Å². The first-order valence-electron chi connectivity index (χ1n) is 12.9. The Morgan fingerprint density at radius 2 is 1.55 bits per heavy atom. The van der Waals surface area contributed by atoms with E-state index in [-0.39, 0.29) is 29.1 Å². The second-order valence-electron chi connectivity index (χ2n) is 9.79. The maximum atomic E-state index is 13.5. The third kappa shape index (κ3) is 6.29. The highest BCUT2D eigenvalue weighted by atomic mass is 16.7. The van der Waals surface area contributed by atoms with Crippen molar-refractivity contribution in [2.24, 2.45) is 0 Å². The van der Waals surface area contributed by atoms with E-state index in [0.717, 1.165) is 12.1 Å². The van der Waals surface area contributed by atoms with E-state index < -0.39 is 90.0 Å². The minimum Gasteiger partial charge on any atom is -0.508 e. The topological polar surface area (TPSA) is 260 Å². The first kappa shape index (κ1) is 31.4. The second kappa shape index (κ2) is 12.8. The quantitative estimate of drug-likeness (QED) is 0.121. The molecule has 15 heteroatoms. The van der Waals surface area contributed by atoms with Gasteiger partial charge in [0.15, 0.2) is 12.1 Å². The van der Waals surface area contributed by atoms with Crippen molar-refractivity contribution in [2.45, 2.75) is 68.7 Å². The zero-order chi connectivity index (χ0) is 30.9. The second-order valence-corrected chi connectivity index (χ2v) is 9.79. The van der Waals surface area contributed by atoms with Crippen molar-refractivity contribution < 1.29 is 69.7 Å². The predicted molar refractivity (Wildman–Crippen MR) is 140 cm³/mol. The van der Waals surface area contributed by atoms with E-state index in [2.05, 4.69) is 0 Å². The number of hydrogen-bond donors (Lipinski definition) is 10. The molecule has 3 unspecified atom stereocenters. The molecule has 0 saturated carbocycles. The fraction of sp³-hybridized carbons (Fsp3) is 0.444. The van der Waals surface area contributed by atoms with Gasteiger partial charge in [0.1, 0.15) is 64.8 Å². The third-order valence-corrected chi connectivity index (χ3v) is 6.84. The fourth-order valence-corrected chi connectivity index (χ4v) is 4.38. The van der Waals surface area contributed by atoms with Crippen LogP contribution in [0.1, 0.15) is 13.3 Å². The van der Waals surface area contributed by atoms with E-state index in [4.69, 9.17) is 18.6 Å². The van der Waals surface area contributed by atoms with Gasteiger partial charge in [-0.05, 0) is 30.7 Å². The normalized spacial score (nSPS) is 25.6. The van der Waals surface area contributed by atoms with E-state index >= 15 is 0 Å². The Bertz CT molecular complexity index is 1420. The number of benzene rings is 2. The van der Waals surface area contributed by atoms with Crippen LogP contribution in [-0.4, -0.2) is 113 Å². The van der Waals surface area contributed by atoms with Gasteiger partial charge in [0.25, 0.3) is 0 Å². The summed E-state index contributed by atoms with van der Waals surface area (Å²) in [5.41, 5.74) is -1.02. The SMILES string of the molecule is CC[C@H](O)[C@@H](O)C(O)[C@@H](O)OCC1O[C@H](Oc2c(-c3ccc(O)cc3)oc3cc(O)cc(O)c3c2=O)C(O)[C@H](O)[C@H]1O. The fourth-order valence-electron chi connectivity index (χ4n) is 4.38. The molecule has 0 aliphatic carbocycles. The Hall–Kier alpha value is -3.51. The van der Waals surface area contributed by atoms with Gasteiger partial charge in [-0.2, -0.15) is 0 Å². The molecule has 0 spiro atoms. The minimum atomic E-state index is -2.06. The van der Waals surface area contributed by atoms with Crippen molar-refractivity contribution in [3.63, 3.8) is 0 Å². The molecule has 2 heterocycles. The van der Waals surface area contributed by atoms with E-state index in [0.29, 0.717) is 0 Å². The maximum Gasteiger partial charge on any atom is 0.239 e. The lowest BCUT2D eigenvalue weighted by Crippen LogP contribution is -2.60. The number of aliphatic hydroxyl groups excluding tert-OH is 7. The smallest absolute Gasteiger partial charge is 0.239 e. The number of hydrogen-bond acceptors (Lipinski definition) is 15.